The van der Waals surface area contributed by atoms with Crippen LogP contribution in [0.15, 0.2) is 35.7 Å². The molecule has 0 saturated carbocycles. The van der Waals surface area contributed by atoms with Gasteiger partial charge in [-0.3, -0.25) is 9.77 Å². The van der Waals surface area contributed by atoms with Crippen molar-refractivity contribution in [2.24, 2.45) is 5.10 Å². The SMILES string of the molecule is Nc1ncnc2c1nc(N/N=C/c1cccc(N([O-])O)c1)n2[C@@H]1O[C@H](CO)[C@@H](O)[C@H]1O. The van der Waals surface area contributed by atoms with Crippen LogP contribution in [0, 0.1) is 5.21 Å². The van der Waals surface area contributed by atoms with Gasteiger partial charge in [0.05, 0.1) is 18.5 Å². The summed E-state index contributed by atoms with van der Waals surface area (Å²) >= 11 is 0. The Kier molecular flexibility index (Phi) is 5.64. The number of aliphatic hydroxyl groups excluding tert-OH is 3. The number of nitrogen functional groups attached to an aromatic ring is 1. The number of fused-ring (bicyclic) bond motifs is 1. The van der Waals surface area contributed by atoms with E-state index in [0.29, 0.717) is 5.56 Å². The van der Waals surface area contributed by atoms with Gasteiger partial charge in [-0.15, -0.1) is 0 Å². The standard InChI is InChI=1S/C17H19N8O6/c18-14-11-15(20-7-19-14)24(16-13(28)12(27)10(6-26)31-16)17(22-11)23-21-5-8-2-1-3-9(4-8)25(29)30/h1-5,7,10,12-13,16,26-29H,6H2,(H,22,23)(H2,18,19,20)/q-1/b21-5+/t10-,12-,13-,16-/m1/s1. The van der Waals surface area contributed by atoms with Gasteiger partial charge >= 0.3 is 0 Å². The minimum atomic E-state index is -1.39. The van der Waals surface area contributed by atoms with Crippen molar-refractivity contribution < 1.29 is 25.3 Å². The van der Waals surface area contributed by atoms with E-state index in [1.54, 1.807) is 12.1 Å². The fraction of sp³-hybridized carbons (Fsp3) is 0.294. The van der Waals surface area contributed by atoms with E-state index in [9.17, 15) is 20.5 Å². The first-order chi connectivity index (χ1) is 14.9. The average molecular weight is 431 g/mol. The first-order valence-electron chi connectivity index (χ1n) is 9.07. The van der Waals surface area contributed by atoms with Crippen LogP contribution in [0.5, 0.6) is 0 Å². The summed E-state index contributed by atoms with van der Waals surface area (Å²) in [6.07, 6.45) is -2.30. The summed E-state index contributed by atoms with van der Waals surface area (Å²) in [6, 6.07) is 6.02. The molecular weight excluding hydrogens is 412 g/mol. The van der Waals surface area contributed by atoms with Gasteiger partial charge in [0.2, 0.25) is 5.95 Å². The lowest BCUT2D eigenvalue weighted by molar-refractivity contribution is -0.0501. The van der Waals surface area contributed by atoms with Gasteiger partial charge in [-0.25, -0.2) is 20.4 Å². The molecule has 7 N–H and O–H groups in total. The lowest BCUT2D eigenvalue weighted by atomic mass is 10.1. The van der Waals surface area contributed by atoms with E-state index < -0.39 is 31.1 Å². The quantitative estimate of drug-likeness (QED) is 0.208. The number of nitrogens with zero attached hydrogens (tertiary/aromatic N) is 6. The molecule has 0 bridgehead atoms. The molecule has 0 unspecified atom stereocenters. The normalized spacial score (nSPS) is 23.6. The first-order valence-corrected chi connectivity index (χ1v) is 9.07. The van der Waals surface area contributed by atoms with Crippen molar-refractivity contribution in [3.63, 3.8) is 0 Å². The number of aromatic nitrogens is 4. The lowest BCUT2D eigenvalue weighted by Gasteiger charge is -2.21. The Labute approximate surface area is 174 Å². The number of anilines is 3. The Bertz CT molecular complexity index is 1110. The smallest absolute Gasteiger partial charge is 0.228 e. The highest BCUT2D eigenvalue weighted by molar-refractivity contribution is 5.85. The van der Waals surface area contributed by atoms with Crippen molar-refractivity contribution in [2.45, 2.75) is 24.5 Å². The third-order valence-corrected chi connectivity index (χ3v) is 4.75. The van der Waals surface area contributed by atoms with Crippen LogP contribution in [0.3, 0.4) is 0 Å². The molecule has 14 nitrogen and oxygen atoms in total. The van der Waals surface area contributed by atoms with Crippen LogP contribution >= 0.6 is 0 Å². The molecule has 3 aromatic rings. The van der Waals surface area contributed by atoms with Gasteiger partial charge in [-0.05, 0) is 17.7 Å². The maximum Gasteiger partial charge on any atom is 0.228 e. The molecule has 0 amide bonds. The number of nitrogens with two attached hydrogens (primary N) is 1. The van der Waals surface area contributed by atoms with E-state index in [4.69, 9.17) is 15.7 Å². The van der Waals surface area contributed by atoms with Crippen molar-refractivity contribution in [3.05, 3.63) is 41.4 Å². The van der Waals surface area contributed by atoms with Crippen molar-refractivity contribution in [1.82, 2.24) is 19.5 Å². The van der Waals surface area contributed by atoms with Crippen molar-refractivity contribution in [1.29, 1.82) is 0 Å². The molecule has 0 radical (unpaired) electrons. The molecule has 1 saturated heterocycles. The molecule has 0 aliphatic carbocycles. The molecule has 1 aliphatic rings. The van der Waals surface area contributed by atoms with E-state index in [2.05, 4.69) is 25.5 Å². The van der Waals surface area contributed by atoms with Crippen LogP contribution < -0.4 is 16.4 Å². The number of ether oxygens (including phenoxy) is 1. The monoisotopic (exact) mass is 431 g/mol. The van der Waals surface area contributed by atoms with Crippen LogP contribution in [0.25, 0.3) is 11.2 Å². The molecule has 1 fully saturated rings. The van der Waals surface area contributed by atoms with Gasteiger partial charge in [0.15, 0.2) is 23.2 Å². The maximum absolute atomic E-state index is 11.0. The van der Waals surface area contributed by atoms with E-state index in [1.165, 1.54) is 29.2 Å². The van der Waals surface area contributed by atoms with E-state index >= 15 is 0 Å². The second-order valence-electron chi connectivity index (χ2n) is 6.70. The summed E-state index contributed by atoms with van der Waals surface area (Å²) in [6.45, 7) is -0.503. The number of hydrogen-bond acceptors (Lipinski definition) is 13. The van der Waals surface area contributed by atoms with Crippen molar-refractivity contribution in [3.8, 4) is 0 Å². The molecule has 3 heterocycles. The Morgan fingerprint density at radius 2 is 2.13 bits per heavy atom. The number of benzene rings is 1. The molecule has 2 aromatic heterocycles. The van der Waals surface area contributed by atoms with Crippen LogP contribution in [0.4, 0.5) is 17.5 Å². The minimum absolute atomic E-state index is 0.0192. The highest BCUT2D eigenvalue weighted by Gasteiger charge is 2.45. The zero-order valence-corrected chi connectivity index (χ0v) is 15.8. The van der Waals surface area contributed by atoms with Crippen LogP contribution in [0.2, 0.25) is 0 Å². The van der Waals surface area contributed by atoms with Crippen LogP contribution in [-0.4, -0.2) is 71.2 Å². The zero-order chi connectivity index (χ0) is 22.1. The Hall–Kier alpha value is -3.40. The summed E-state index contributed by atoms with van der Waals surface area (Å²) in [5.41, 5.74) is 9.49. The molecule has 14 heteroatoms. The minimum Gasteiger partial charge on any atom is -0.733 e. The summed E-state index contributed by atoms with van der Waals surface area (Å²) in [5, 5.41) is 53.7. The molecule has 31 heavy (non-hydrogen) atoms. The van der Waals surface area contributed by atoms with Gasteiger partial charge in [-0.1, -0.05) is 12.1 Å². The summed E-state index contributed by atoms with van der Waals surface area (Å²) in [5.74, 6) is 0.144. The largest absolute Gasteiger partial charge is 0.733 e. The van der Waals surface area contributed by atoms with Crippen LogP contribution in [-0.2, 0) is 4.74 Å². The number of imidazole rings is 1. The lowest BCUT2D eigenvalue weighted by Crippen LogP contribution is -2.33. The number of aliphatic hydroxyl groups is 3. The Balaban J connectivity index is 1.69. The number of hydrazone groups is 1. The van der Waals surface area contributed by atoms with Gasteiger partial charge in [-0.2, -0.15) is 5.10 Å². The molecule has 4 atom stereocenters. The highest BCUT2D eigenvalue weighted by Crippen LogP contribution is 2.35. The fourth-order valence-corrected chi connectivity index (χ4v) is 3.23. The average Bonchev–Trinajstić information content (AvgIpc) is 3.26. The molecule has 164 valence electrons. The van der Waals surface area contributed by atoms with E-state index in [-0.39, 0.29) is 33.8 Å². The Morgan fingerprint density at radius 1 is 1.32 bits per heavy atom. The number of rotatable bonds is 6. The third kappa shape index (κ3) is 3.86. The second kappa shape index (κ2) is 8.38. The van der Waals surface area contributed by atoms with Gasteiger partial charge in [0.25, 0.3) is 0 Å². The van der Waals surface area contributed by atoms with E-state index in [1.807, 2.05) is 0 Å². The molecule has 1 aliphatic heterocycles. The maximum atomic E-state index is 11.0. The molecule has 1 aromatic carbocycles. The fourth-order valence-electron chi connectivity index (χ4n) is 3.23. The highest BCUT2D eigenvalue weighted by atomic mass is 16.8. The predicted octanol–water partition coefficient (Wildman–Crippen LogP) is -0.841. The number of nitrogens with one attached hydrogen (secondary N) is 1. The van der Waals surface area contributed by atoms with Gasteiger partial charge < -0.3 is 36.2 Å². The van der Waals surface area contributed by atoms with Crippen molar-refractivity contribution in [2.75, 3.05) is 23.0 Å². The second-order valence-corrected chi connectivity index (χ2v) is 6.70. The Morgan fingerprint density at radius 3 is 2.84 bits per heavy atom. The van der Waals surface area contributed by atoms with Gasteiger partial charge in [0, 0.05) is 0 Å². The van der Waals surface area contributed by atoms with Crippen LogP contribution in [0.1, 0.15) is 11.8 Å². The van der Waals surface area contributed by atoms with Crippen molar-refractivity contribution >= 4 is 34.8 Å². The molecule has 4 rings (SSSR count). The summed E-state index contributed by atoms with van der Waals surface area (Å²) in [7, 11) is 0. The topological polar surface area (TPSA) is 210 Å². The van der Waals surface area contributed by atoms with E-state index in [0.717, 1.165) is 0 Å². The third-order valence-electron chi connectivity index (χ3n) is 4.75. The summed E-state index contributed by atoms with van der Waals surface area (Å²) < 4.78 is 6.93. The summed E-state index contributed by atoms with van der Waals surface area (Å²) in [4.78, 5) is 12.3. The van der Waals surface area contributed by atoms with Gasteiger partial charge in [0.1, 0.15) is 24.6 Å². The first kappa shape index (κ1) is 20.9. The molecular formula is C17H19N8O6-. The number of hydrogen-bond donors (Lipinski definition) is 6. The predicted molar refractivity (Wildman–Crippen MR) is 108 cm³/mol. The molecule has 0 spiro atoms. The zero-order valence-electron chi connectivity index (χ0n) is 15.8.